The standard InChI is InChI=1S/C21H24N4O4/c26-19(22-16-7-8-16)14-24-9-11-25(12-10-24)21(28)15-3-5-17(6-4-15)23-20(27)18-2-1-13-29-18/h1-6,13,16H,7-12,14H2,(H,22,26)(H,23,27). The number of amides is 3. The zero-order valence-electron chi connectivity index (χ0n) is 16.1. The first-order valence-corrected chi connectivity index (χ1v) is 9.84. The normalized spacial score (nSPS) is 17.0. The van der Waals surface area contributed by atoms with Gasteiger partial charge in [-0.1, -0.05) is 0 Å². The maximum absolute atomic E-state index is 12.7. The lowest BCUT2D eigenvalue weighted by Crippen LogP contribution is -2.51. The first kappa shape index (κ1) is 19.2. The number of nitrogens with one attached hydrogen (secondary N) is 2. The largest absolute Gasteiger partial charge is 0.459 e. The van der Waals surface area contributed by atoms with Gasteiger partial charge in [0.15, 0.2) is 5.76 Å². The van der Waals surface area contributed by atoms with Crippen molar-refractivity contribution >= 4 is 23.4 Å². The number of furan rings is 1. The van der Waals surface area contributed by atoms with Gasteiger partial charge >= 0.3 is 0 Å². The highest BCUT2D eigenvalue weighted by atomic mass is 16.3. The second-order valence-corrected chi connectivity index (χ2v) is 7.42. The molecule has 1 saturated heterocycles. The van der Waals surface area contributed by atoms with E-state index < -0.39 is 0 Å². The van der Waals surface area contributed by atoms with Crippen molar-refractivity contribution in [3.8, 4) is 0 Å². The Hall–Kier alpha value is -3.13. The first-order valence-electron chi connectivity index (χ1n) is 9.84. The molecule has 8 heteroatoms. The SMILES string of the molecule is O=C(CN1CCN(C(=O)c2ccc(NC(=O)c3ccco3)cc2)CC1)NC1CC1. The van der Waals surface area contributed by atoms with E-state index in [1.807, 2.05) is 0 Å². The van der Waals surface area contributed by atoms with E-state index in [4.69, 9.17) is 4.42 Å². The third-order valence-electron chi connectivity index (χ3n) is 5.10. The number of carbonyl (C=O) groups is 3. The molecule has 2 fully saturated rings. The highest BCUT2D eigenvalue weighted by Crippen LogP contribution is 2.18. The molecule has 0 atom stereocenters. The number of piperazine rings is 1. The maximum atomic E-state index is 12.7. The number of nitrogens with zero attached hydrogens (tertiary/aromatic N) is 2. The van der Waals surface area contributed by atoms with E-state index >= 15 is 0 Å². The number of rotatable bonds is 6. The molecule has 0 unspecified atom stereocenters. The summed E-state index contributed by atoms with van der Waals surface area (Å²) in [5, 5.41) is 5.72. The van der Waals surface area contributed by atoms with Gasteiger partial charge in [-0.05, 0) is 49.2 Å². The number of anilines is 1. The van der Waals surface area contributed by atoms with Crippen molar-refractivity contribution in [3.63, 3.8) is 0 Å². The second kappa shape index (κ2) is 8.48. The smallest absolute Gasteiger partial charge is 0.291 e. The third kappa shape index (κ3) is 5.03. The van der Waals surface area contributed by atoms with Crippen LogP contribution in [0, 0.1) is 0 Å². The van der Waals surface area contributed by atoms with Gasteiger partial charge in [-0.3, -0.25) is 19.3 Å². The molecule has 3 amide bonds. The Bertz CT molecular complexity index is 867. The molecule has 1 aliphatic carbocycles. The van der Waals surface area contributed by atoms with Crippen LogP contribution in [0.15, 0.2) is 47.1 Å². The maximum Gasteiger partial charge on any atom is 0.291 e. The summed E-state index contributed by atoms with van der Waals surface area (Å²) in [7, 11) is 0. The van der Waals surface area contributed by atoms with Crippen LogP contribution in [-0.4, -0.2) is 66.3 Å². The Morgan fingerprint density at radius 1 is 1.00 bits per heavy atom. The zero-order valence-corrected chi connectivity index (χ0v) is 16.1. The molecule has 2 heterocycles. The van der Waals surface area contributed by atoms with Crippen molar-refractivity contribution in [2.45, 2.75) is 18.9 Å². The van der Waals surface area contributed by atoms with E-state index in [-0.39, 0.29) is 23.5 Å². The van der Waals surface area contributed by atoms with Gasteiger partial charge in [-0.15, -0.1) is 0 Å². The molecule has 2 N–H and O–H groups in total. The predicted octanol–water partition coefficient (Wildman–Crippen LogP) is 1.57. The Labute approximate surface area is 168 Å². The molecule has 2 aromatic rings. The molecule has 2 aliphatic rings. The van der Waals surface area contributed by atoms with Crippen LogP contribution in [0.3, 0.4) is 0 Å². The fraction of sp³-hybridized carbons (Fsp3) is 0.381. The van der Waals surface area contributed by atoms with E-state index in [1.165, 1.54) is 6.26 Å². The van der Waals surface area contributed by atoms with Gasteiger partial charge in [0.05, 0.1) is 12.8 Å². The summed E-state index contributed by atoms with van der Waals surface area (Å²) in [4.78, 5) is 40.5. The Morgan fingerprint density at radius 3 is 2.34 bits per heavy atom. The molecular weight excluding hydrogens is 372 g/mol. The van der Waals surface area contributed by atoms with Crippen molar-refractivity contribution in [2.75, 3.05) is 38.0 Å². The summed E-state index contributed by atoms with van der Waals surface area (Å²) < 4.78 is 5.06. The van der Waals surface area contributed by atoms with Gasteiger partial charge in [0.1, 0.15) is 0 Å². The van der Waals surface area contributed by atoms with E-state index in [9.17, 15) is 14.4 Å². The van der Waals surface area contributed by atoms with Gasteiger partial charge < -0.3 is 20.0 Å². The number of hydrogen-bond donors (Lipinski definition) is 2. The van der Waals surface area contributed by atoms with Gasteiger partial charge in [-0.2, -0.15) is 0 Å². The fourth-order valence-electron chi connectivity index (χ4n) is 3.29. The summed E-state index contributed by atoms with van der Waals surface area (Å²) in [5.74, 6) is -0.0831. The van der Waals surface area contributed by atoms with Crippen molar-refractivity contribution in [2.24, 2.45) is 0 Å². The topological polar surface area (TPSA) is 94.9 Å². The summed E-state index contributed by atoms with van der Waals surface area (Å²) in [6.07, 6.45) is 3.61. The van der Waals surface area contributed by atoms with Crippen LogP contribution in [0.25, 0.3) is 0 Å². The number of hydrogen-bond acceptors (Lipinski definition) is 5. The lowest BCUT2D eigenvalue weighted by atomic mass is 10.1. The minimum atomic E-state index is -0.337. The van der Waals surface area contributed by atoms with Crippen LogP contribution in [0.4, 0.5) is 5.69 Å². The zero-order chi connectivity index (χ0) is 20.2. The van der Waals surface area contributed by atoms with E-state index in [2.05, 4.69) is 15.5 Å². The van der Waals surface area contributed by atoms with Crippen LogP contribution in [0.1, 0.15) is 33.8 Å². The Balaban J connectivity index is 1.26. The van der Waals surface area contributed by atoms with Crippen molar-refractivity contribution in [3.05, 3.63) is 54.0 Å². The molecule has 1 aromatic heterocycles. The molecule has 29 heavy (non-hydrogen) atoms. The van der Waals surface area contributed by atoms with Gasteiger partial charge in [0, 0.05) is 43.5 Å². The highest BCUT2D eigenvalue weighted by Gasteiger charge is 2.26. The number of carbonyl (C=O) groups excluding carboxylic acids is 3. The summed E-state index contributed by atoms with van der Waals surface area (Å²) in [6.45, 7) is 2.93. The van der Waals surface area contributed by atoms with Crippen molar-refractivity contribution in [1.82, 2.24) is 15.1 Å². The van der Waals surface area contributed by atoms with E-state index in [0.29, 0.717) is 50.0 Å². The lowest BCUT2D eigenvalue weighted by molar-refractivity contribution is -0.122. The molecule has 8 nitrogen and oxygen atoms in total. The average molecular weight is 396 g/mol. The molecule has 0 bridgehead atoms. The van der Waals surface area contributed by atoms with Crippen LogP contribution >= 0.6 is 0 Å². The molecule has 4 rings (SSSR count). The predicted molar refractivity (Wildman–Crippen MR) is 107 cm³/mol. The van der Waals surface area contributed by atoms with Gasteiger partial charge in [-0.25, -0.2) is 0 Å². The number of benzene rings is 1. The molecule has 0 radical (unpaired) electrons. The lowest BCUT2D eigenvalue weighted by Gasteiger charge is -2.34. The Kier molecular flexibility index (Phi) is 5.62. The van der Waals surface area contributed by atoms with Gasteiger partial charge in [0.2, 0.25) is 5.91 Å². The molecule has 1 saturated carbocycles. The molecule has 1 aromatic carbocycles. The monoisotopic (exact) mass is 396 g/mol. The van der Waals surface area contributed by atoms with E-state index in [1.54, 1.807) is 41.3 Å². The van der Waals surface area contributed by atoms with Crippen LogP contribution < -0.4 is 10.6 Å². The summed E-state index contributed by atoms with van der Waals surface area (Å²) in [6, 6.07) is 10.4. The summed E-state index contributed by atoms with van der Waals surface area (Å²) >= 11 is 0. The van der Waals surface area contributed by atoms with Crippen LogP contribution in [0.5, 0.6) is 0 Å². The minimum Gasteiger partial charge on any atom is -0.459 e. The van der Waals surface area contributed by atoms with Crippen molar-refractivity contribution < 1.29 is 18.8 Å². The third-order valence-corrected chi connectivity index (χ3v) is 5.10. The highest BCUT2D eigenvalue weighted by molar-refractivity contribution is 6.02. The quantitative estimate of drug-likeness (QED) is 0.773. The minimum absolute atomic E-state index is 0.0454. The fourth-order valence-corrected chi connectivity index (χ4v) is 3.29. The molecule has 152 valence electrons. The molecule has 0 spiro atoms. The summed E-state index contributed by atoms with van der Waals surface area (Å²) in [5.41, 5.74) is 1.16. The van der Waals surface area contributed by atoms with Crippen LogP contribution in [0.2, 0.25) is 0 Å². The van der Waals surface area contributed by atoms with Crippen LogP contribution in [-0.2, 0) is 4.79 Å². The van der Waals surface area contributed by atoms with E-state index in [0.717, 1.165) is 12.8 Å². The average Bonchev–Trinajstić information content (AvgIpc) is 3.36. The Morgan fingerprint density at radius 2 is 1.72 bits per heavy atom. The molecular formula is C21H24N4O4. The molecule has 1 aliphatic heterocycles. The second-order valence-electron chi connectivity index (χ2n) is 7.42. The van der Waals surface area contributed by atoms with Gasteiger partial charge in [0.25, 0.3) is 11.8 Å². The van der Waals surface area contributed by atoms with Crippen molar-refractivity contribution in [1.29, 1.82) is 0 Å². The first-order chi connectivity index (χ1) is 14.1.